The molecule has 1 heteroatoms. The van der Waals surface area contributed by atoms with E-state index in [9.17, 15) is 0 Å². The van der Waals surface area contributed by atoms with Crippen LogP contribution in [0.3, 0.4) is 0 Å². The van der Waals surface area contributed by atoms with Crippen molar-refractivity contribution in [2.45, 2.75) is 103 Å². The minimum Gasteiger partial charge on any atom is -0.378 e. The van der Waals surface area contributed by atoms with Crippen LogP contribution < -0.4 is 0 Å². The Hall–Kier alpha value is -0.820. The molecule has 0 aliphatic heterocycles. The molecule has 0 saturated heterocycles. The molecule has 28 heavy (non-hydrogen) atoms. The van der Waals surface area contributed by atoms with Crippen LogP contribution in [0.25, 0.3) is 0 Å². The Labute approximate surface area is 173 Å². The topological polar surface area (TPSA) is 9.23 Å². The fourth-order valence-corrected chi connectivity index (χ4v) is 6.67. The highest BCUT2D eigenvalue weighted by Gasteiger charge is 2.38. The van der Waals surface area contributed by atoms with Crippen LogP contribution in [0, 0.1) is 23.7 Å². The molecule has 0 aromatic heterocycles. The minimum atomic E-state index is 0.566. The number of hydrogen-bond donors (Lipinski definition) is 0. The van der Waals surface area contributed by atoms with Gasteiger partial charge in [0, 0.05) is 6.61 Å². The van der Waals surface area contributed by atoms with Gasteiger partial charge in [0.1, 0.15) is 0 Å². The summed E-state index contributed by atoms with van der Waals surface area (Å²) in [5, 5.41) is 0. The van der Waals surface area contributed by atoms with Crippen LogP contribution in [-0.4, -0.2) is 12.7 Å². The zero-order valence-electron chi connectivity index (χ0n) is 18.4. The average molecular weight is 383 g/mol. The second-order valence-electron chi connectivity index (χ2n) is 10.0. The van der Waals surface area contributed by atoms with E-state index in [-0.39, 0.29) is 0 Å². The van der Waals surface area contributed by atoms with E-state index in [1.807, 2.05) is 0 Å². The van der Waals surface area contributed by atoms with Crippen molar-refractivity contribution in [1.29, 1.82) is 0 Å². The molecule has 0 bridgehead atoms. The third kappa shape index (κ3) is 4.84. The maximum Gasteiger partial charge on any atom is 0.0577 e. The molecule has 2 fully saturated rings. The van der Waals surface area contributed by atoms with E-state index in [1.54, 1.807) is 16.7 Å². The number of hydrogen-bond acceptors (Lipinski definition) is 1. The van der Waals surface area contributed by atoms with Crippen LogP contribution in [-0.2, 0) is 24.0 Å². The van der Waals surface area contributed by atoms with Crippen molar-refractivity contribution < 1.29 is 4.74 Å². The number of aryl methyl sites for hydroxylation is 2. The second kappa shape index (κ2) is 9.79. The highest BCUT2D eigenvalue weighted by Crippen LogP contribution is 2.47. The summed E-state index contributed by atoms with van der Waals surface area (Å²) in [4.78, 5) is 0. The van der Waals surface area contributed by atoms with Crippen molar-refractivity contribution in [2.24, 2.45) is 23.7 Å². The lowest BCUT2D eigenvalue weighted by Gasteiger charge is -2.44. The Bertz CT molecular complexity index is 621. The maximum absolute atomic E-state index is 5.95. The second-order valence-corrected chi connectivity index (χ2v) is 10.0. The molecule has 0 radical (unpaired) electrons. The van der Waals surface area contributed by atoms with E-state index < -0.39 is 0 Å². The van der Waals surface area contributed by atoms with Gasteiger partial charge in [-0.1, -0.05) is 38.0 Å². The first-order valence-corrected chi connectivity index (χ1v) is 12.5. The zero-order valence-corrected chi connectivity index (χ0v) is 18.4. The minimum absolute atomic E-state index is 0.566. The lowest BCUT2D eigenvalue weighted by Crippen LogP contribution is -2.37. The molecule has 0 spiro atoms. The Morgan fingerprint density at radius 3 is 2.43 bits per heavy atom. The fraction of sp³-hybridized carbons (Fsp3) is 0.778. The van der Waals surface area contributed by atoms with Crippen molar-refractivity contribution in [2.75, 3.05) is 6.61 Å². The Balaban J connectivity index is 1.31. The van der Waals surface area contributed by atoms with Crippen LogP contribution in [0.15, 0.2) is 18.2 Å². The van der Waals surface area contributed by atoms with Gasteiger partial charge in [-0.2, -0.15) is 0 Å². The maximum atomic E-state index is 5.95. The first kappa shape index (κ1) is 20.5. The molecule has 0 amide bonds. The zero-order chi connectivity index (χ0) is 19.3. The van der Waals surface area contributed by atoms with Gasteiger partial charge in [-0.15, -0.1) is 0 Å². The van der Waals surface area contributed by atoms with Crippen molar-refractivity contribution >= 4 is 0 Å². The summed E-state index contributed by atoms with van der Waals surface area (Å²) in [5.74, 6) is 3.90. The lowest BCUT2D eigenvalue weighted by molar-refractivity contribution is -0.0192. The van der Waals surface area contributed by atoms with Crippen LogP contribution >= 0.6 is 0 Å². The molecule has 5 atom stereocenters. The van der Waals surface area contributed by atoms with E-state index in [4.69, 9.17) is 4.74 Å². The van der Waals surface area contributed by atoms with E-state index in [0.29, 0.717) is 6.10 Å². The third-order valence-corrected chi connectivity index (χ3v) is 8.28. The smallest absolute Gasteiger partial charge is 0.0577 e. The average Bonchev–Trinajstić information content (AvgIpc) is 2.73. The summed E-state index contributed by atoms with van der Waals surface area (Å²) >= 11 is 0. The number of unbranched alkanes of at least 4 members (excludes halogenated alkanes) is 2. The molecular weight excluding hydrogens is 340 g/mol. The highest BCUT2D eigenvalue weighted by atomic mass is 16.5. The molecule has 1 nitrogen and oxygen atoms in total. The molecule has 5 unspecified atom stereocenters. The molecule has 4 rings (SSSR count). The Morgan fingerprint density at radius 1 is 0.821 bits per heavy atom. The van der Waals surface area contributed by atoms with Gasteiger partial charge >= 0.3 is 0 Å². The molecule has 0 heterocycles. The summed E-state index contributed by atoms with van der Waals surface area (Å²) in [6, 6.07) is 7.47. The van der Waals surface area contributed by atoms with Gasteiger partial charge in [-0.25, -0.2) is 0 Å². The van der Waals surface area contributed by atoms with Gasteiger partial charge in [0.15, 0.2) is 0 Å². The standard InChI is InChI=1S/C27H42O/c1-3-5-6-7-20-8-9-22-17-23(11-10-21(22)16-20)24-12-13-26-19-27(28-4-2)15-14-25(26)18-24/h8-9,16,23-27H,3-7,10-15,17-19H2,1-2H3. The molecule has 156 valence electrons. The molecule has 3 aliphatic carbocycles. The quantitative estimate of drug-likeness (QED) is 0.455. The van der Waals surface area contributed by atoms with Crippen LogP contribution in [0.1, 0.15) is 94.7 Å². The molecular formula is C27H42O. The summed E-state index contributed by atoms with van der Waals surface area (Å²) in [7, 11) is 0. The third-order valence-electron chi connectivity index (χ3n) is 8.28. The van der Waals surface area contributed by atoms with E-state index in [1.165, 1.54) is 83.5 Å². The van der Waals surface area contributed by atoms with Gasteiger partial charge in [0.05, 0.1) is 6.10 Å². The molecule has 3 aliphatic rings. The van der Waals surface area contributed by atoms with Crippen molar-refractivity contribution in [1.82, 2.24) is 0 Å². The van der Waals surface area contributed by atoms with E-state index in [0.717, 1.165) is 30.3 Å². The summed E-state index contributed by atoms with van der Waals surface area (Å²) in [6.07, 6.45) is 18.6. The van der Waals surface area contributed by atoms with Gasteiger partial charge in [-0.05, 0) is 118 Å². The summed E-state index contributed by atoms with van der Waals surface area (Å²) in [5.41, 5.74) is 4.94. The predicted molar refractivity (Wildman–Crippen MR) is 119 cm³/mol. The largest absolute Gasteiger partial charge is 0.378 e. The van der Waals surface area contributed by atoms with Crippen LogP contribution in [0.4, 0.5) is 0 Å². The number of rotatable bonds is 7. The van der Waals surface area contributed by atoms with Gasteiger partial charge in [-0.3, -0.25) is 0 Å². The highest BCUT2D eigenvalue weighted by molar-refractivity contribution is 5.34. The number of benzene rings is 1. The van der Waals surface area contributed by atoms with Crippen molar-refractivity contribution in [3.05, 3.63) is 34.9 Å². The van der Waals surface area contributed by atoms with E-state index >= 15 is 0 Å². The van der Waals surface area contributed by atoms with Crippen molar-refractivity contribution in [3.8, 4) is 0 Å². The normalized spacial score (nSPS) is 32.6. The van der Waals surface area contributed by atoms with Gasteiger partial charge < -0.3 is 4.74 Å². The molecule has 0 N–H and O–H groups in total. The van der Waals surface area contributed by atoms with E-state index in [2.05, 4.69) is 32.0 Å². The van der Waals surface area contributed by atoms with Gasteiger partial charge in [0.2, 0.25) is 0 Å². The fourth-order valence-electron chi connectivity index (χ4n) is 6.67. The summed E-state index contributed by atoms with van der Waals surface area (Å²) in [6.45, 7) is 5.34. The lowest BCUT2D eigenvalue weighted by atomic mass is 9.62. The van der Waals surface area contributed by atoms with Gasteiger partial charge in [0.25, 0.3) is 0 Å². The summed E-state index contributed by atoms with van der Waals surface area (Å²) < 4.78 is 5.95. The van der Waals surface area contributed by atoms with Crippen LogP contribution in [0.2, 0.25) is 0 Å². The Kier molecular flexibility index (Phi) is 7.15. The first-order chi connectivity index (χ1) is 13.8. The number of fused-ring (bicyclic) bond motifs is 2. The first-order valence-electron chi connectivity index (χ1n) is 12.5. The monoisotopic (exact) mass is 382 g/mol. The van der Waals surface area contributed by atoms with Crippen LogP contribution in [0.5, 0.6) is 0 Å². The number of ether oxygens (including phenoxy) is 1. The molecule has 1 aromatic carbocycles. The molecule has 1 aromatic rings. The predicted octanol–water partition coefficient (Wildman–Crippen LogP) is 7.15. The SMILES string of the molecule is CCCCCc1ccc2c(c1)CCC(C1CCC3CC(OCC)CCC3C1)C2. The Morgan fingerprint density at radius 2 is 1.61 bits per heavy atom. The van der Waals surface area contributed by atoms with Crippen molar-refractivity contribution in [3.63, 3.8) is 0 Å². The molecule has 2 saturated carbocycles.